The summed E-state index contributed by atoms with van der Waals surface area (Å²) in [7, 11) is 0. The molecule has 0 rings (SSSR count). The summed E-state index contributed by atoms with van der Waals surface area (Å²) in [5.74, 6) is -4.13. The molecule has 0 aliphatic carbocycles. The Labute approximate surface area is 86.7 Å². The second kappa shape index (κ2) is 6.66. The molecule has 1 atom stereocenters. The quantitative estimate of drug-likeness (QED) is 0.654. The Balaban J connectivity index is 3.84. The molecule has 0 amide bonds. The van der Waals surface area contributed by atoms with Crippen LogP contribution in [0.3, 0.4) is 0 Å². The molecular weight excluding hydrogens is 211 g/mol. The number of alkyl halides is 3. The molecule has 0 aliphatic heterocycles. The van der Waals surface area contributed by atoms with Crippen LogP contribution in [-0.2, 0) is 4.79 Å². The number of rotatable bonds is 7. The van der Waals surface area contributed by atoms with Crippen LogP contribution in [0.4, 0.5) is 13.2 Å². The third-order valence-electron chi connectivity index (χ3n) is 2.00. The molecule has 3 nitrogen and oxygen atoms in total. The molecule has 0 radical (unpaired) electrons. The first-order chi connectivity index (χ1) is 6.89. The van der Waals surface area contributed by atoms with Crippen molar-refractivity contribution in [2.24, 2.45) is 5.92 Å². The van der Waals surface area contributed by atoms with Gasteiger partial charge in [-0.2, -0.15) is 13.2 Å². The lowest BCUT2D eigenvalue weighted by Crippen LogP contribution is -2.39. The Morgan fingerprint density at radius 3 is 2.40 bits per heavy atom. The summed E-state index contributed by atoms with van der Waals surface area (Å²) in [6.07, 6.45) is -2.01. The minimum atomic E-state index is -4.68. The summed E-state index contributed by atoms with van der Waals surface area (Å²) in [5.41, 5.74) is 0. The SMILES string of the molecule is CCCCCNCC(C(=O)O)C(F)(F)F. The number of halogens is 3. The van der Waals surface area contributed by atoms with Gasteiger partial charge in [0.05, 0.1) is 0 Å². The molecule has 1 unspecified atom stereocenters. The van der Waals surface area contributed by atoms with E-state index in [9.17, 15) is 18.0 Å². The van der Waals surface area contributed by atoms with Crippen LogP contribution in [0.5, 0.6) is 0 Å². The zero-order valence-electron chi connectivity index (χ0n) is 8.60. The predicted octanol–water partition coefficient (Wildman–Crippen LogP) is 2.03. The van der Waals surface area contributed by atoms with E-state index in [0.29, 0.717) is 6.54 Å². The van der Waals surface area contributed by atoms with Crippen LogP contribution >= 0.6 is 0 Å². The summed E-state index contributed by atoms with van der Waals surface area (Å²) in [5, 5.41) is 10.9. The van der Waals surface area contributed by atoms with Crippen molar-refractivity contribution in [1.82, 2.24) is 5.32 Å². The first-order valence-corrected chi connectivity index (χ1v) is 4.89. The first kappa shape index (κ1) is 14.2. The van der Waals surface area contributed by atoms with Gasteiger partial charge in [0.15, 0.2) is 5.92 Å². The summed E-state index contributed by atoms with van der Waals surface area (Å²) >= 11 is 0. The van der Waals surface area contributed by atoms with Gasteiger partial charge in [0, 0.05) is 6.54 Å². The minimum Gasteiger partial charge on any atom is -0.481 e. The highest BCUT2D eigenvalue weighted by molar-refractivity contribution is 5.71. The Kier molecular flexibility index (Phi) is 6.31. The smallest absolute Gasteiger partial charge is 0.403 e. The van der Waals surface area contributed by atoms with Crippen molar-refractivity contribution < 1.29 is 23.1 Å². The summed E-state index contributed by atoms with van der Waals surface area (Å²) in [4.78, 5) is 10.3. The van der Waals surface area contributed by atoms with Gasteiger partial charge in [-0.15, -0.1) is 0 Å². The summed E-state index contributed by atoms with van der Waals surface area (Å²) < 4.78 is 36.4. The number of nitrogens with one attached hydrogen (secondary N) is 1. The van der Waals surface area contributed by atoms with Crippen molar-refractivity contribution in [3.05, 3.63) is 0 Å². The van der Waals surface area contributed by atoms with Crippen LogP contribution in [0.1, 0.15) is 26.2 Å². The summed E-state index contributed by atoms with van der Waals surface area (Å²) in [6, 6.07) is 0. The topological polar surface area (TPSA) is 49.3 Å². The van der Waals surface area contributed by atoms with Crippen LogP contribution in [0, 0.1) is 5.92 Å². The molecule has 0 saturated carbocycles. The van der Waals surface area contributed by atoms with Crippen molar-refractivity contribution in [2.45, 2.75) is 32.4 Å². The average molecular weight is 227 g/mol. The Morgan fingerprint density at radius 2 is 2.00 bits per heavy atom. The van der Waals surface area contributed by atoms with Crippen LogP contribution < -0.4 is 5.32 Å². The Bertz CT molecular complexity index is 194. The van der Waals surface area contributed by atoms with Gasteiger partial charge in [-0.05, 0) is 13.0 Å². The maximum Gasteiger partial charge on any atom is 0.403 e. The highest BCUT2D eigenvalue weighted by atomic mass is 19.4. The standard InChI is InChI=1S/C9H16F3NO2/c1-2-3-4-5-13-6-7(8(14)15)9(10,11)12/h7,13H,2-6H2,1H3,(H,14,15). The number of carbonyl (C=O) groups is 1. The van der Waals surface area contributed by atoms with Gasteiger partial charge < -0.3 is 10.4 Å². The highest BCUT2D eigenvalue weighted by Crippen LogP contribution is 2.25. The molecule has 90 valence electrons. The lowest BCUT2D eigenvalue weighted by molar-refractivity contribution is -0.192. The number of carboxylic acid groups (broad SMARTS) is 1. The van der Waals surface area contributed by atoms with Gasteiger partial charge in [0.25, 0.3) is 0 Å². The van der Waals surface area contributed by atoms with E-state index in [4.69, 9.17) is 5.11 Å². The lowest BCUT2D eigenvalue weighted by atomic mass is 10.1. The molecule has 0 saturated heterocycles. The molecule has 2 N–H and O–H groups in total. The number of hydrogen-bond donors (Lipinski definition) is 2. The molecule has 0 fully saturated rings. The first-order valence-electron chi connectivity index (χ1n) is 4.89. The maximum atomic E-state index is 12.1. The van der Waals surface area contributed by atoms with E-state index < -0.39 is 24.6 Å². The second-order valence-electron chi connectivity index (χ2n) is 3.34. The molecule has 0 spiro atoms. The van der Waals surface area contributed by atoms with Crippen molar-refractivity contribution >= 4 is 5.97 Å². The predicted molar refractivity (Wildman–Crippen MR) is 49.6 cm³/mol. The van der Waals surface area contributed by atoms with Crippen LogP contribution in [-0.4, -0.2) is 30.3 Å². The average Bonchev–Trinajstić information content (AvgIpc) is 2.08. The third kappa shape index (κ3) is 6.33. The molecule has 0 bridgehead atoms. The molecule has 0 heterocycles. The normalized spacial score (nSPS) is 13.9. The van der Waals surface area contributed by atoms with Gasteiger partial charge in [-0.1, -0.05) is 19.8 Å². The fourth-order valence-electron chi connectivity index (χ4n) is 1.09. The van der Waals surface area contributed by atoms with E-state index >= 15 is 0 Å². The van der Waals surface area contributed by atoms with Crippen molar-refractivity contribution in [2.75, 3.05) is 13.1 Å². The maximum absolute atomic E-state index is 12.1. The molecule has 0 aromatic heterocycles. The van der Waals surface area contributed by atoms with Crippen LogP contribution in [0.2, 0.25) is 0 Å². The van der Waals surface area contributed by atoms with Gasteiger partial charge in [-0.3, -0.25) is 4.79 Å². The minimum absolute atomic E-state index is 0.424. The number of aliphatic carboxylic acids is 1. The van der Waals surface area contributed by atoms with E-state index in [1.807, 2.05) is 6.92 Å². The zero-order valence-corrected chi connectivity index (χ0v) is 8.60. The molecule has 15 heavy (non-hydrogen) atoms. The van der Waals surface area contributed by atoms with Crippen molar-refractivity contribution in [3.63, 3.8) is 0 Å². The number of unbranched alkanes of at least 4 members (excludes halogenated alkanes) is 2. The fourth-order valence-corrected chi connectivity index (χ4v) is 1.09. The molecule has 0 aliphatic rings. The van der Waals surface area contributed by atoms with Gasteiger partial charge in [0.2, 0.25) is 0 Å². The van der Waals surface area contributed by atoms with Crippen molar-refractivity contribution in [1.29, 1.82) is 0 Å². The molecule has 0 aromatic rings. The van der Waals surface area contributed by atoms with Gasteiger partial charge >= 0.3 is 12.1 Å². The van der Waals surface area contributed by atoms with E-state index in [2.05, 4.69) is 5.32 Å². The lowest BCUT2D eigenvalue weighted by Gasteiger charge is -2.16. The van der Waals surface area contributed by atoms with Crippen LogP contribution in [0.15, 0.2) is 0 Å². The van der Waals surface area contributed by atoms with E-state index in [1.165, 1.54) is 0 Å². The van der Waals surface area contributed by atoms with Crippen molar-refractivity contribution in [3.8, 4) is 0 Å². The zero-order chi connectivity index (χ0) is 11.9. The van der Waals surface area contributed by atoms with Gasteiger partial charge in [0.1, 0.15) is 0 Å². The number of carboxylic acids is 1. The van der Waals surface area contributed by atoms with Crippen LogP contribution in [0.25, 0.3) is 0 Å². The summed E-state index contributed by atoms with van der Waals surface area (Å²) in [6.45, 7) is 1.85. The largest absolute Gasteiger partial charge is 0.481 e. The Hall–Kier alpha value is -0.780. The molecule has 0 aromatic carbocycles. The highest BCUT2D eigenvalue weighted by Gasteiger charge is 2.44. The van der Waals surface area contributed by atoms with Gasteiger partial charge in [-0.25, -0.2) is 0 Å². The third-order valence-corrected chi connectivity index (χ3v) is 2.00. The van der Waals surface area contributed by atoms with E-state index in [-0.39, 0.29) is 0 Å². The molecule has 6 heteroatoms. The molecular formula is C9H16F3NO2. The van der Waals surface area contributed by atoms with E-state index in [1.54, 1.807) is 0 Å². The monoisotopic (exact) mass is 227 g/mol. The fraction of sp³-hybridized carbons (Fsp3) is 0.889. The number of hydrogen-bond acceptors (Lipinski definition) is 2. The Morgan fingerprint density at radius 1 is 1.40 bits per heavy atom. The second-order valence-corrected chi connectivity index (χ2v) is 3.34. The van der Waals surface area contributed by atoms with E-state index in [0.717, 1.165) is 19.3 Å².